The zero-order valence-corrected chi connectivity index (χ0v) is 15.1. The Hall–Kier alpha value is -0.0800. The number of likely N-dealkylation sites (N-methyl/N-ethyl adjacent to an activating group) is 1. The maximum Gasteiger partial charge on any atom is 0.0252 e. The van der Waals surface area contributed by atoms with Crippen molar-refractivity contribution in [1.29, 1.82) is 0 Å². The Morgan fingerprint density at radius 3 is 2.33 bits per heavy atom. The summed E-state index contributed by atoms with van der Waals surface area (Å²) < 4.78 is 0. The minimum absolute atomic E-state index is 0.508. The molecule has 3 atom stereocenters. The molecule has 0 aliphatic heterocycles. The van der Waals surface area contributed by atoms with Crippen LogP contribution in [-0.4, -0.2) is 36.6 Å². The predicted molar refractivity (Wildman–Crippen MR) is 92.7 cm³/mol. The van der Waals surface area contributed by atoms with Gasteiger partial charge in [-0.1, -0.05) is 40.5 Å². The smallest absolute Gasteiger partial charge is 0.0252 e. The van der Waals surface area contributed by atoms with E-state index >= 15 is 0 Å². The van der Waals surface area contributed by atoms with Crippen molar-refractivity contribution in [3.05, 3.63) is 0 Å². The molecule has 0 bridgehead atoms. The van der Waals surface area contributed by atoms with Crippen molar-refractivity contribution in [2.24, 2.45) is 11.3 Å². The van der Waals surface area contributed by atoms with Crippen molar-refractivity contribution in [2.75, 3.05) is 13.6 Å². The molecule has 0 spiro atoms. The molecule has 0 radical (unpaired) electrons. The second kappa shape index (κ2) is 7.46. The molecule has 0 heterocycles. The van der Waals surface area contributed by atoms with Gasteiger partial charge >= 0.3 is 0 Å². The van der Waals surface area contributed by atoms with Crippen molar-refractivity contribution < 1.29 is 0 Å². The van der Waals surface area contributed by atoms with Gasteiger partial charge in [0.25, 0.3) is 0 Å². The Morgan fingerprint density at radius 1 is 1.10 bits per heavy atom. The summed E-state index contributed by atoms with van der Waals surface area (Å²) in [6, 6.07) is 2.34. The summed E-state index contributed by atoms with van der Waals surface area (Å²) in [5.74, 6) is 0.898. The highest BCUT2D eigenvalue weighted by atomic mass is 15.2. The fraction of sp³-hybridized carbons (Fsp3) is 1.00. The molecule has 2 saturated carbocycles. The van der Waals surface area contributed by atoms with E-state index in [0.717, 1.165) is 24.0 Å². The molecular formula is C19H38N2. The van der Waals surface area contributed by atoms with Crippen molar-refractivity contribution in [2.45, 2.75) is 97.2 Å². The van der Waals surface area contributed by atoms with E-state index in [1.807, 2.05) is 0 Å². The van der Waals surface area contributed by atoms with Crippen LogP contribution in [-0.2, 0) is 0 Å². The first-order valence-electron chi connectivity index (χ1n) is 9.45. The number of nitrogens with zero attached hydrogens (tertiary/aromatic N) is 1. The first-order valence-corrected chi connectivity index (χ1v) is 9.45. The van der Waals surface area contributed by atoms with Crippen LogP contribution >= 0.6 is 0 Å². The van der Waals surface area contributed by atoms with E-state index in [1.54, 1.807) is 0 Å². The zero-order chi connectivity index (χ0) is 15.5. The summed E-state index contributed by atoms with van der Waals surface area (Å²) >= 11 is 0. The monoisotopic (exact) mass is 294 g/mol. The van der Waals surface area contributed by atoms with E-state index in [4.69, 9.17) is 0 Å². The van der Waals surface area contributed by atoms with Crippen molar-refractivity contribution in [3.63, 3.8) is 0 Å². The lowest BCUT2D eigenvalue weighted by Gasteiger charge is -2.50. The highest BCUT2D eigenvalue weighted by Crippen LogP contribution is 2.42. The van der Waals surface area contributed by atoms with Gasteiger partial charge in [0.05, 0.1) is 0 Å². The van der Waals surface area contributed by atoms with Crippen molar-refractivity contribution >= 4 is 0 Å². The molecule has 124 valence electrons. The average molecular weight is 295 g/mol. The third-order valence-electron chi connectivity index (χ3n) is 6.66. The summed E-state index contributed by atoms with van der Waals surface area (Å²) in [5.41, 5.74) is 0.508. The Balaban J connectivity index is 2.03. The number of hydrogen-bond acceptors (Lipinski definition) is 2. The molecule has 2 heteroatoms. The van der Waals surface area contributed by atoms with Crippen molar-refractivity contribution in [3.8, 4) is 0 Å². The van der Waals surface area contributed by atoms with Gasteiger partial charge in [-0.15, -0.1) is 0 Å². The zero-order valence-electron chi connectivity index (χ0n) is 15.1. The van der Waals surface area contributed by atoms with Crippen LogP contribution in [0, 0.1) is 11.3 Å². The van der Waals surface area contributed by atoms with Gasteiger partial charge in [-0.05, 0) is 63.5 Å². The van der Waals surface area contributed by atoms with Gasteiger partial charge in [0, 0.05) is 18.1 Å². The molecule has 3 unspecified atom stereocenters. The topological polar surface area (TPSA) is 15.3 Å². The van der Waals surface area contributed by atoms with Crippen LogP contribution < -0.4 is 5.32 Å². The van der Waals surface area contributed by atoms with E-state index in [9.17, 15) is 0 Å². The lowest BCUT2D eigenvalue weighted by molar-refractivity contribution is 0.0220. The Kier molecular flexibility index (Phi) is 6.14. The van der Waals surface area contributed by atoms with Gasteiger partial charge < -0.3 is 5.32 Å². The first kappa shape index (κ1) is 17.3. The minimum Gasteiger partial charge on any atom is -0.312 e. The molecule has 0 aromatic rings. The Morgan fingerprint density at radius 2 is 1.81 bits per heavy atom. The molecule has 2 aliphatic carbocycles. The highest BCUT2D eigenvalue weighted by molar-refractivity contribution is 4.96. The summed E-state index contributed by atoms with van der Waals surface area (Å²) in [4.78, 5) is 2.74. The minimum atomic E-state index is 0.508. The molecule has 21 heavy (non-hydrogen) atoms. The predicted octanol–water partition coefficient (Wildman–Crippen LogP) is 4.44. The molecule has 0 saturated heterocycles. The van der Waals surface area contributed by atoms with Crippen molar-refractivity contribution in [1.82, 2.24) is 10.2 Å². The summed E-state index contributed by atoms with van der Waals surface area (Å²) in [7, 11) is 2.40. The third-order valence-corrected chi connectivity index (χ3v) is 6.66. The Bertz CT molecular complexity index is 309. The lowest BCUT2D eigenvalue weighted by Crippen LogP contribution is -2.57. The Labute approximate surface area is 133 Å². The second-order valence-electron chi connectivity index (χ2n) is 8.23. The average Bonchev–Trinajstić information content (AvgIpc) is 2.42. The van der Waals surface area contributed by atoms with Crippen LogP contribution in [0.15, 0.2) is 0 Å². The molecule has 2 rings (SSSR count). The number of nitrogens with one attached hydrogen (secondary N) is 1. The van der Waals surface area contributed by atoms with E-state index < -0.39 is 0 Å². The molecular weight excluding hydrogens is 256 g/mol. The summed E-state index contributed by atoms with van der Waals surface area (Å²) in [6.45, 7) is 10.8. The molecule has 2 aliphatic rings. The van der Waals surface area contributed by atoms with Gasteiger partial charge in [0.1, 0.15) is 0 Å². The summed E-state index contributed by atoms with van der Waals surface area (Å²) in [6.07, 6.45) is 11.0. The van der Waals surface area contributed by atoms with E-state index in [1.165, 1.54) is 57.9 Å². The van der Waals surface area contributed by atoms with E-state index in [0.29, 0.717) is 5.41 Å². The fourth-order valence-corrected chi connectivity index (χ4v) is 4.23. The van der Waals surface area contributed by atoms with Gasteiger partial charge in [0.15, 0.2) is 0 Å². The molecule has 0 aromatic carbocycles. The van der Waals surface area contributed by atoms with Crippen LogP contribution in [0.2, 0.25) is 0 Å². The van der Waals surface area contributed by atoms with E-state index in [-0.39, 0.29) is 0 Å². The normalized spacial score (nSPS) is 31.4. The largest absolute Gasteiger partial charge is 0.312 e. The van der Waals surface area contributed by atoms with Crippen LogP contribution in [0.5, 0.6) is 0 Å². The summed E-state index contributed by atoms with van der Waals surface area (Å²) in [5, 5.41) is 3.85. The van der Waals surface area contributed by atoms with Gasteiger partial charge in [-0.2, -0.15) is 0 Å². The maximum atomic E-state index is 3.85. The molecule has 0 aromatic heterocycles. The quantitative estimate of drug-likeness (QED) is 0.746. The number of rotatable bonds is 7. The highest BCUT2D eigenvalue weighted by Gasteiger charge is 2.40. The fourth-order valence-electron chi connectivity index (χ4n) is 4.23. The van der Waals surface area contributed by atoms with Gasteiger partial charge in [-0.3, -0.25) is 4.90 Å². The second-order valence-corrected chi connectivity index (χ2v) is 8.23. The standard InChI is InChI=1S/C19H38N2/c1-6-13-20-17-12-11-15(19(3,4)7-2)14-18(17)21(5)16-9-8-10-16/h15-18,20H,6-14H2,1-5H3. The SMILES string of the molecule is CCCNC1CCC(C(C)(C)CC)CC1N(C)C1CCC1. The molecule has 0 amide bonds. The maximum absolute atomic E-state index is 3.85. The first-order chi connectivity index (χ1) is 9.99. The van der Waals surface area contributed by atoms with Crippen LogP contribution in [0.3, 0.4) is 0 Å². The molecule has 2 nitrogen and oxygen atoms in total. The van der Waals surface area contributed by atoms with E-state index in [2.05, 4.69) is 45.0 Å². The molecule has 2 fully saturated rings. The van der Waals surface area contributed by atoms with Crippen LogP contribution in [0.25, 0.3) is 0 Å². The lowest BCUT2D eigenvalue weighted by atomic mass is 9.67. The van der Waals surface area contributed by atoms with Gasteiger partial charge in [0.2, 0.25) is 0 Å². The van der Waals surface area contributed by atoms with Crippen LogP contribution in [0.1, 0.15) is 79.1 Å². The van der Waals surface area contributed by atoms with Gasteiger partial charge in [-0.25, -0.2) is 0 Å². The third kappa shape index (κ3) is 4.01. The number of hydrogen-bond donors (Lipinski definition) is 1. The molecule has 1 N–H and O–H groups in total. The van der Waals surface area contributed by atoms with Crippen LogP contribution in [0.4, 0.5) is 0 Å².